The molecule has 0 aromatic heterocycles. The third-order valence-corrected chi connectivity index (χ3v) is 6.83. The van der Waals surface area contributed by atoms with Crippen molar-refractivity contribution < 1.29 is 98.7 Å². The Kier molecular flexibility index (Phi) is 51.5. The molecule has 0 aromatic rings. The normalized spacial score (nSPS) is 10.5. The Morgan fingerprint density at radius 3 is 1.20 bits per heavy atom. The molecule has 2 amide bonds. The monoisotopic (exact) mass is 648 g/mol. The number of hydrogen-bond acceptors (Lipinski definition) is 7. The van der Waals surface area contributed by atoms with Crippen LogP contribution in [-0.4, -0.2) is 58.4 Å². The number of carbonyl (C=O) groups is 4. The van der Waals surface area contributed by atoms with Crippen molar-refractivity contribution in [2.45, 2.75) is 169 Å². The van der Waals surface area contributed by atoms with Crippen molar-refractivity contribution in [3.63, 3.8) is 0 Å². The van der Waals surface area contributed by atoms with Crippen LogP contribution in [0.25, 0.3) is 0 Å². The zero-order valence-corrected chi connectivity index (χ0v) is 33.1. The first-order valence-corrected chi connectivity index (χ1v) is 16.4. The molecule has 0 saturated carbocycles. The van der Waals surface area contributed by atoms with Crippen molar-refractivity contribution in [1.82, 2.24) is 10.2 Å². The Labute approximate surface area is 312 Å². The molecule has 0 aromatic carbocycles. The largest absolute Gasteiger partial charge is 1.00 e. The van der Waals surface area contributed by atoms with Crippen LogP contribution in [0.3, 0.4) is 0 Å². The summed E-state index contributed by atoms with van der Waals surface area (Å²) < 4.78 is 0. The number of amides is 2. The maximum atomic E-state index is 10.5. The molecular weight excluding hydrogens is 586 g/mol. The van der Waals surface area contributed by atoms with E-state index in [9.17, 15) is 29.4 Å². The third-order valence-electron chi connectivity index (χ3n) is 6.83. The van der Waals surface area contributed by atoms with E-state index in [0.717, 1.165) is 32.2 Å². The maximum absolute atomic E-state index is 10.5. The van der Waals surface area contributed by atoms with E-state index in [1.54, 1.807) is 6.92 Å². The van der Waals surface area contributed by atoms with Crippen molar-refractivity contribution in [3.05, 3.63) is 0 Å². The van der Waals surface area contributed by atoms with E-state index in [1.165, 1.54) is 103 Å². The topological polar surface area (TPSA) is 170 Å². The molecule has 10 nitrogen and oxygen atoms in total. The Balaban J connectivity index is -0.000000192. The van der Waals surface area contributed by atoms with Gasteiger partial charge in [-0.3, -0.25) is 9.69 Å². The van der Waals surface area contributed by atoms with E-state index in [0.29, 0.717) is 11.3 Å². The Morgan fingerprint density at radius 2 is 0.932 bits per heavy atom. The molecule has 44 heavy (non-hydrogen) atoms. The van der Waals surface area contributed by atoms with Crippen LogP contribution in [0.5, 0.6) is 0 Å². The van der Waals surface area contributed by atoms with Crippen LogP contribution in [0.1, 0.15) is 163 Å². The molecule has 0 unspecified atom stereocenters. The van der Waals surface area contributed by atoms with Crippen LogP contribution >= 0.6 is 0 Å². The Bertz CT molecular complexity index is 644. The van der Waals surface area contributed by atoms with Gasteiger partial charge in [-0.25, -0.2) is 4.79 Å². The second-order valence-electron chi connectivity index (χ2n) is 10.8. The second kappa shape index (κ2) is 42.6. The van der Waals surface area contributed by atoms with E-state index in [2.05, 4.69) is 19.2 Å². The smallest absolute Gasteiger partial charge is 0.550 e. The molecule has 0 rings (SSSR count). The molecule has 0 bridgehead atoms. The third kappa shape index (κ3) is 46.1. The van der Waals surface area contributed by atoms with Crippen molar-refractivity contribution in [1.29, 1.82) is 0 Å². The maximum Gasteiger partial charge on any atom is 1.00 e. The first kappa shape index (κ1) is 53.1. The van der Waals surface area contributed by atoms with Crippen molar-refractivity contribution in [2.75, 3.05) is 13.1 Å². The predicted molar refractivity (Wildman–Crippen MR) is 164 cm³/mol. The van der Waals surface area contributed by atoms with E-state index < -0.39 is 30.2 Å². The second-order valence-corrected chi connectivity index (χ2v) is 10.8. The van der Waals surface area contributed by atoms with Gasteiger partial charge in [0.15, 0.2) is 0 Å². The average Bonchev–Trinajstić information content (AvgIpc) is 2.94. The average molecular weight is 649 g/mol. The molecule has 0 aliphatic carbocycles. The summed E-state index contributed by atoms with van der Waals surface area (Å²) in [5.41, 5.74) is 0. The number of carbonyl (C=O) groups excluding carboxylic acids is 2. The zero-order chi connectivity index (χ0) is 32.4. The molecule has 0 heterocycles. The summed E-state index contributed by atoms with van der Waals surface area (Å²) in [5.74, 6) is -1.76. The summed E-state index contributed by atoms with van der Waals surface area (Å²) in [6, 6.07) is -0.413. The Hall–Kier alpha value is -0.360. The van der Waals surface area contributed by atoms with Crippen LogP contribution < -0.4 is 74.6 Å². The minimum Gasteiger partial charge on any atom is -0.550 e. The molecular formula is C32H62N2Na2O8. The van der Waals surface area contributed by atoms with Gasteiger partial charge in [0.05, 0.1) is 0 Å². The van der Waals surface area contributed by atoms with Gasteiger partial charge in [0.25, 0.3) is 0 Å². The van der Waals surface area contributed by atoms with E-state index in [1.807, 2.05) is 0 Å². The van der Waals surface area contributed by atoms with Gasteiger partial charge in [-0.1, -0.05) is 136 Å². The van der Waals surface area contributed by atoms with E-state index >= 15 is 0 Å². The molecule has 250 valence electrons. The van der Waals surface area contributed by atoms with Gasteiger partial charge in [0.1, 0.15) is 12.1 Å². The molecule has 0 radical (unpaired) electrons. The molecule has 0 spiro atoms. The van der Waals surface area contributed by atoms with Crippen LogP contribution in [0.15, 0.2) is 0 Å². The minimum absolute atomic E-state index is 0. The number of aliphatic carboxylic acids is 2. The first-order chi connectivity index (χ1) is 20.0. The van der Waals surface area contributed by atoms with Gasteiger partial charge < -0.3 is 35.3 Å². The molecule has 0 aliphatic heterocycles. The first-order valence-electron chi connectivity index (χ1n) is 16.4. The summed E-state index contributed by atoms with van der Waals surface area (Å²) in [5, 5.41) is 40.0. The number of carboxylic acids is 2. The SMILES string of the molecule is CCC(=O)[O-].CCCCCCCCCCCCN(C(=O)[O-])C(=O)O.CCCCCCCCCCCCN[C@@H](C)C(=O)O.[Na+].[Na+]. The summed E-state index contributed by atoms with van der Waals surface area (Å²) in [7, 11) is 0. The summed E-state index contributed by atoms with van der Waals surface area (Å²) in [4.78, 5) is 41.1. The van der Waals surface area contributed by atoms with Gasteiger partial charge in [0, 0.05) is 12.5 Å². The van der Waals surface area contributed by atoms with E-state index in [-0.39, 0.29) is 72.1 Å². The number of nitrogens with zero attached hydrogens (tertiary/aromatic N) is 1. The molecule has 12 heteroatoms. The standard InChI is InChI=1S/C15H31NO2.C14H27NO4.C3H6O2.2Na/c1-3-4-5-6-7-8-9-10-11-12-13-16-14(2)15(17)18;1-2-3-4-5-6-7-8-9-10-11-12-15(13(16)17)14(18)19;1-2-3(4)5;;/h14,16H,3-13H2,1-2H3,(H,17,18);2-12H2,1H3,(H,16,17)(H,18,19);2H2,1H3,(H,4,5);;/q;;;2*+1/p-2/t14-;;;;/m0..../s1. The fourth-order valence-corrected chi connectivity index (χ4v) is 4.04. The van der Waals surface area contributed by atoms with Gasteiger partial charge in [0.2, 0.25) is 0 Å². The van der Waals surface area contributed by atoms with Crippen molar-refractivity contribution >= 4 is 24.1 Å². The van der Waals surface area contributed by atoms with Crippen LogP contribution in [0.2, 0.25) is 0 Å². The number of carboxylic acid groups (broad SMARTS) is 4. The summed E-state index contributed by atoms with van der Waals surface area (Å²) in [6.07, 6.45) is 21.5. The summed E-state index contributed by atoms with van der Waals surface area (Å²) in [6.45, 7) is 8.53. The van der Waals surface area contributed by atoms with Crippen molar-refractivity contribution in [2.24, 2.45) is 0 Å². The molecule has 3 N–H and O–H groups in total. The Morgan fingerprint density at radius 1 is 0.614 bits per heavy atom. The number of nitrogens with one attached hydrogen (secondary N) is 1. The zero-order valence-electron chi connectivity index (χ0n) is 29.1. The fourth-order valence-electron chi connectivity index (χ4n) is 4.04. The fraction of sp³-hybridized carbons (Fsp3) is 0.875. The quantitative estimate of drug-likeness (QED) is 0.0934. The predicted octanol–water partition coefficient (Wildman–Crippen LogP) is 0.355. The number of hydrogen-bond donors (Lipinski definition) is 3. The van der Waals surface area contributed by atoms with Crippen LogP contribution in [-0.2, 0) is 9.59 Å². The molecule has 0 saturated heterocycles. The molecule has 0 aliphatic rings. The van der Waals surface area contributed by atoms with Crippen molar-refractivity contribution in [3.8, 4) is 0 Å². The van der Waals surface area contributed by atoms with Gasteiger partial charge >= 0.3 is 71.2 Å². The number of unbranched alkanes of at least 4 members (excludes halogenated alkanes) is 18. The molecule has 0 fully saturated rings. The number of rotatable bonds is 25. The van der Waals surface area contributed by atoms with Crippen LogP contribution in [0.4, 0.5) is 9.59 Å². The van der Waals surface area contributed by atoms with Crippen LogP contribution in [0, 0.1) is 0 Å². The van der Waals surface area contributed by atoms with E-state index in [4.69, 9.17) is 10.2 Å². The minimum atomic E-state index is -1.64. The van der Waals surface area contributed by atoms with Gasteiger partial charge in [-0.15, -0.1) is 0 Å². The summed E-state index contributed by atoms with van der Waals surface area (Å²) >= 11 is 0. The molecule has 1 atom stereocenters. The van der Waals surface area contributed by atoms with Gasteiger partial charge in [-0.2, -0.15) is 0 Å². The van der Waals surface area contributed by atoms with Gasteiger partial charge in [-0.05, 0) is 32.7 Å². The number of imide groups is 1.